The molecule has 25 heavy (non-hydrogen) atoms. The third-order valence-corrected chi connectivity index (χ3v) is 5.54. The number of aromatic amines is 1. The van der Waals surface area contributed by atoms with E-state index in [0.717, 1.165) is 32.5 Å². The van der Waals surface area contributed by atoms with E-state index in [4.69, 9.17) is 0 Å². The SMILES string of the molecule is CC(=O)N1CCC(N2CC[C@@H](n3ccc(=O)[nH]c3=O)[C@](C)(O)C2)CC1. The summed E-state index contributed by atoms with van der Waals surface area (Å²) in [6.07, 6.45) is 3.89. The Hall–Kier alpha value is -1.93. The summed E-state index contributed by atoms with van der Waals surface area (Å²) in [6.45, 7) is 6.08. The van der Waals surface area contributed by atoms with E-state index < -0.39 is 16.9 Å². The number of carbonyl (C=O) groups excluding carboxylic acids is 1. The molecule has 8 heteroatoms. The Morgan fingerprint density at radius 1 is 1.24 bits per heavy atom. The minimum Gasteiger partial charge on any atom is -0.387 e. The van der Waals surface area contributed by atoms with Crippen molar-refractivity contribution in [2.45, 2.75) is 50.8 Å². The Labute approximate surface area is 146 Å². The van der Waals surface area contributed by atoms with Gasteiger partial charge in [0, 0.05) is 51.4 Å². The monoisotopic (exact) mass is 350 g/mol. The quantitative estimate of drug-likeness (QED) is 0.752. The summed E-state index contributed by atoms with van der Waals surface area (Å²) in [5, 5.41) is 11.0. The number of carbonyl (C=O) groups is 1. The van der Waals surface area contributed by atoms with Gasteiger partial charge in [-0.15, -0.1) is 0 Å². The Bertz CT molecular complexity index is 746. The van der Waals surface area contributed by atoms with Gasteiger partial charge in [-0.2, -0.15) is 0 Å². The number of hydrogen-bond donors (Lipinski definition) is 2. The first-order chi connectivity index (χ1) is 11.8. The average molecular weight is 350 g/mol. The number of rotatable bonds is 2. The van der Waals surface area contributed by atoms with Gasteiger partial charge in [-0.3, -0.25) is 24.0 Å². The van der Waals surface area contributed by atoms with Crippen molar-refractivity contribution < 1.29 is 9.90 Å². The summed E-state index contributed by atoms with van der Waals surface area (Å²) in [7, 11) is 0. The van der Waals surface area contributed by atoms with Crippen LogP contribution < -0.4 is 11.2 Å². The van der Waals surface area contributed by atoms with Crippen LogP contribution in [-0.4, -0.2) is 68.2 Å². The molecule has 8 nitrogen and oxygen atoms in total. The van der Waals surface area contributed by atoms with Gasteiger partial charge in [0.1, 0.15) is 0 Å². The highest BCUT2D eigenvalue weighted by molar-refractivity contribution is 5.73. The lowest BCUT2D eigenvalue weighted by Gasteiger charge is -2.47. The molecule has 1 aromatic heterocycles. The molecule has 2 atom stereocenters. The maximum atomic E-state index is 12.1. The largest absolute Gasteiger partial charge is 0.387 e. The van der Waals surface area contributed by atoms with Gasteiger partial charge in [-0.1, -0.05) is 0 Å². The Kier molecular flexibility index (Phi) is 4.83. The van der Waals surface area contributed by atoms with Crippen molar-refractivity contribution in [1.29, 1.82) is 0 Å². The number of piperidine rings is 2. The summed E-state index contributed by atoms with van der Waals surface area (Å²) in [6, 6.07) is 1.28. The van der Waals surface area contributed by atoms with E-state index in [-0.39, 0.29) is 11.9 Å². The van der Waals surface area contributed by atoms with Gasteiger partial charge in [0.2, 0.25) is 5.91 Å². The zero-order valence-corrected chi connectivity index (χ0v) is 14.8. The summed E-state index contributed by atoms with van der Waals surface area (Å²) in [5.74, 6) is 0.113. The molecule has 138 valence electrons. The molecule has 2 fully saturated rings. The third kappa shape index (κ3) is 3.69. The fraction of sp³-hybridized carbons (Fsp3) is 0.706. The number of aliphatic hydroxyl groups is 1. The van der Waals surface area contributed by atoms with Crippen LogP contribution in [0, 0.1) is 0 Å². The molecule has 1 aromatic rings. The molecule has 0 aromatic carbocycles. The first-order valence-electron chi connectivity index (χ1n) is 8.81. The van der Waals surface area contributed by atoms with E-state index in [0.29, 0.717) is 19.0 Å². The molecule has 0 aliphatic carbocycles. The maximum absolute atomic E-state index is 12.1. The van der Waals surface area contributed by atoms with E-state index >= 15 is 0 Å². The number of nitrogens with one attached hydrogen (secondary N) is 1. The van der Waals surface area contributed by atoms with Gasteiger partial charge in [-0.25, -0.2) is 4.79 Å². The van der Waals surface area contributed by atoms with Crippen molar-refractivity contribution in [3.05, 3.63) is 33.1 Å². The van der Waals surface area contributed by atoms with Gasteiger partial charge in [-0.05, 0) is 26.2 Å². The summed E-state index contributed by atoms with van der Waals surface area (Å²) in [4.78, 5) is 41.1. The van der Waals surface area contributed by atoms with Crippen molar-refractivity contribution in [2.24, 2.45) is 0 Å². The lowest BCUT2D eigenvalue weighted by atomic mass is 9.86. The van der Waals surface area contributed by atoms with Crippen LogP contribution in [0.2, 0.25) is 0 Å². The second-order valence-electron chi connectivity index (χ2n) is 7.39. The van der Waals surface area contributed by atoms with Gasteiger partial charge in [0.05, 0.1) is 11.6 Å². The molecule has 3 rings (SSSR count). The lowest BCUT2D eigenvalue weighted by Crippen LogP contribution is -2.58. The van der Waals surface area contributed by atoms with Crippen molar-refractivity contribution in [3.63, 3.8) is 0 Å². The highest BCUT2D eigenvalue weighted by atomic mass is 16.3. The maximum Gasteiger partial charge on any atom is 0.328 e. The molecule has 2 aliphatic rings. The van der Waals surface area contributed by atoms with Gasteiger partial charge in [0.15, 0.2) is 0 Å². The molecular weight excluding hydrogens is 324 g/mol. The smallest absolute Gasteiger partial charge is 0.328 e. The Morgan fingerprint density at radius 3 is 2.48 bits per heavy atom. The summed E-state index contributed by atoms with van der Waals surface area (Å²) < 4.78 is 1.43. The highest BCUT2D eigenvalue weighted by Gasteiger charge is 2.42. The summed E-state index contributed by atoms with van der Waals surface area (Å²) in [5.41, 5.74) is -1.99. The molecular formula is C17H26N4O4. The first kappa shape index (κ1) is 17.9. The minimum atomic E-state index is -1.07. The number of H-pyrrole nitrogens is 1. The molecule has 2 aliphatic heterocycles. The van der Waals surface area contributed by atoms with Crippen LogP contribution in [0.15, 0.2) is 21.9 Å². The third-order valence-electron chi connectivity index (χ3n) is 5.54. The van der Waals surface area contributed by atoms with Crippen LogP contribution >= 0.6 is 0 Å². The van der Waals surface area contributed by atoms with Gasteiger partial charge < -0.3 is 10.0 Å². The molecule has 2 N–H and O–H groups in total. The van der Waals surface area contributed by atoms with E-state index in [1.807, 2.05) is 4.90 Å². The standard InChI is InChI=1S/C17H26N4O4/c1-12(22)19-7-3-13(4-8-19)20-9-5-14(17(2,25)11-20)21-10-6-15(23)18-16(21)24/h6,10,13-14,25H,3-5,7-9,11H2,1-2H3,(H,18,23,24)/t14-,17-/m1/s1. The second kappa shape index (κ2) is 6.76. The van der Waals surface area contributed by atoms with Crippen LogP contribution in [-0.2, 0) is 4.79 Å². The Balaban J connectivity index is 1.69. The van der Waals surface area contributed by atoms with Crippen LogP contribution in [0.4, 0.5) is 0 Å². The zero-order valence-electron chi connectivity index (χ0n) is 14.8. The fourth-order valence-electron chi connectivity index (χ4n) is 4.16. The topological polar surface area (TPSA) is 98.6 Å². The number of amides is 1. The lowest BCUT2D eigenvalue weighted by molar-refractivity contribution is -0.131. The molecule has 3 heterocycles. The van der Waals surface area contributed by atoms with Gasteiger partial charge in [0.25, 0.3) is 5.56 Å². The number of likely N-dealkylation sites (tertiary alicyclic amines) is 2. The average Bonchev–Trinajstić information content (AvgIpc) is 2.55. The normalized spacial score (nSPS) is 28.9. The van der Waals surface area contributed by atoms with Crippen molar-refractivity contribution in [3.8, 4) is 0 Å². The number of aromatic nitrogens is 2. The Morgan fingerprint density at radius 2 is 1.92 bits per heavy atom. The molecule has 0 unspecified atom stereocenters. The molecule has 0 spiro atoms. The van der Waals surface area contributed by atoms with E-state index in [1.165, 1.54) is 16.8 Å². The van der Waals surface area contributed by atoms with Gasteiger partial charge >= 0.3 is 5.69 Å². The van der Waals surface area contributed by atoms with Crippen molar-refractivity contribution >= 4 is 5.91 Å². The molecule has 0 bridgehead atoms. The molecule has 0 saturated carbocycles. The summed E-state index contributed by atoms with van der Waals surface area (Å²) >= 11 is 0. The number of nitrogens with zero attached hydrogens (tertiary/aromatic N) is 3. The molecule has 0 radical (unpaired) electrons. The predicted molar refractivity (Wildman–Crippen MR) is 92.4 cm³/mol. The first-order valence-corrected chi connectivity index (χ1v) is 8.81. The highest BCUT2D eigenvalue weighted by Crippen LogP contribution is 2.33. The second-order valence-corrected chi connectivity index (χ2v) is 7.39. The minimum absolute atomic E-state index is 0.113. The van der Waals surface area contributed by atoms with Crippen LogP contribution in [0.5, 0.6) is 0 Å². The van der Waals surface area contributed by atoms with Crippen molar-refractivity contribution in [2.75, 3.05) is 26.2 Å². The van der Waals surface area contributed by atoms with Crippen molar-refractivity contribution in [1.82, 2.24) is 19.4 Å². The van der Waals surface area contributed by atoms with Crippen LogP contribution in [0.25, 0.3) is 0 Å². The number of β-amino-alcohol motifs (C(OH)–C–C–N with tert-alkyl or cyclic N) is 1. The molecule has 2 saturated heterocycles. The fourth-order valence-corrected chi connectivity index (χ4v) is 4.16. The molecule has 1 amide bonds. The number of hydrogen-bond acceptors (Lipinski definition) is 5. The van der Waals surface area contributed by atoms with E-state index in [1.54, 1.807) is 13.8 Å². The van der Waals surface area contributed by atoms with Crippen LogP contribution in [0.3, 0.4) is 0 Å². The predicted octanol–water partition coefficient (Wildman–Crippen LogP) is -0.455. The zero-order chi connectivity index (χ0) is 18.2. The van der Waals surface area contributed by atoms with E-state index in [9.17, 15) is 19.5 Å². The van der Waals surface area contributed by atoms with Crippen LogP contribution in [0.1, 0.15) is 39.2 Å². The van der Waals surface area contributed by atoms with E-state index in [2.05, 4.69) is 9.88 Å².